The Morgan fingerprint density at radius 2 is 2.31 bits per heavy atom. The number of carbonyl (C=O) groups is 2. The van der Waals surface area contributed by atoms with E-state index in [1.807, 2.05) is 0 Å². The lowest BCUT2D eigenvalue weighted by molar-refractivity contribution is -0.134. The monoisotopic (exact) mass is 237 g/mol. The molecule has 1 unspecified atom stereocenters. The van der Waals surface area contributed by atoms with Crippen LogP contribution in [0.5, 0.6) is 0 Å². The number of thioether (sulfide) groups is 1. The van der Waals surface area contributed by atoms with Crippen LogP contribution in [-0.2, 0) is 9.59 Å². The third-order valence-corrected chi connectivity index (χ3v) is 2.67. The summed E-state index contributed by atoms with van der Waals surface area (Å²) in [6.45, 7) is 0. The number of ketones is 1. The van der Waals surface area contributed by atoms with Gasteiger partial charge in [-0.25, -0.2) is 19.8 Å². The molecule has 0 aromatic carbocycles. The predicted octanol–water partition coefficient (Wildman–Crippen LogP) is 0.356. The Labute approximate surface area is 94.9 Å². The summed E-state index contributed by atoms with van der Waals surface area (Å²) >= 11 is 1.33. The zero-order chi connectivity index (χ0) is 11.7. The van der Waals surface area contributed by atoms with Crippen LogP contribution in [0, 0.1) is 5.92 Å². The van der Waals surface area contributed by atoms with Crippen molar-refractivity contribution in [1.29, 1.82) is 0 Å². The van der Waals surface area contributed by atoms with Crippen molar-refractivity contribution in [2.45, 2.75) is 0 Å². The first-order valence-electron chi connectivity index (χ1n) is 4.35. The maximum Gasteiger partial charge on any atom is 0.340 e. The van der Waals surface area contributed by atoms with Crippen molar-refractivity contribution in [3.8, 4) is 0 Å². The number of rotatable bonds is 1. The van der Waals surface area contributed by atoms with E-state index in [1.54, 1.807) is 6.26 Å². The molecular formula is C9H7N3O3S. The molecule has 16 heavy (non-hydrogen) atoms. The minimum Gasteiger partial charge on any atom is -0.478 e. The topological polar surface area (TPSA) is 91.5 Å². The van der Waals surface area contributed by atoms with Crippen molar-refractivity contribution < 1.29 is 14.7 Å². The lowest BCUT2D eigenvalue weighted by atomic mass is 9.95. The van der Waals surface area contributed by atoms with Crippen molar-refractivity contribution in [3.05, 3.63) is 11.8 Å². The summed E-state index contributed by atoms with van der Waals surface area (Å²) in [6.07, 6.45) is 4.23. The van der Waals surface area contributed by atoms with Crippen LogP contribution in [0.15, 0.2) is 26.8 Å². The van der Waals surface area contributed by atoms with Crippen LogP contribution in [0.1, 0.15) is 0 Å². The molecule has 2 rings (SSSR count). The molecule has 2 aliphatic heterocycles. The first kappa shape index (κ1) is 10.7. The molecule has 0 saturated carbocycles. The molecule has 0 amide bonds. The van der Waals surface area contributed by atoms with Gasteiger partial charge in [-0.2, -0.15) is 0 Å². The fourth-order valence-electron chi connectivity index (χ4n) is 1.32. The maximum absolute atomic E-state index is 11.7. The van der Waals surface area contributed by atoms with Gasteiger partial charge in [0.05, 0.1) is 0 Å². The number of amidine groups is 2. The first-order chi connectivity index (χ1) is 7.63. The lowest BCUT2D eigenvalue weighted by Gasteiger charge is -2.17. The van der Waals surface area contributed by atoms with Crippen molar-refractivity contribution in [2.24, 2.45) is 20.9 Å². The summed E-state index contributed by atoms with van der Waals surface area (Å²) in [6, 6.07) is 0. The molecule has 0 spiro atoms. The second kappa shape index (κ2) is 4.01. The molecule has 0 saturated heterocycles. The molecule has 2 aliphatic rings. The normalized spacial score (nSPS) is 23.2. The van der Waals surface area contributed by atoms with E-state index in [0.717, 1.165) is 6.20 Å². The number of aliphatic carboxylic acids is 1. The third-order valence-electron chi connectivity index (χ3n) is 2.11. The van der Waals surface area contributed by atoms with Crippen molar-refractivity contribution in [1.82, 2.24) is 0 Å². The standard InChI is InChI=1S/C9H7N3O3S/c1-16-9-11-2-4-6(13)5(8(14)15)3-10-7(4)12-9/h2-4H,1H3,(H,14,15). The molecule has 0 aliphatic carbocycles. The van der Waals surface area contributed by atoms with E-state index in [0.29, 0.717) is 11.0 Å². The van der Waals surface area contributed by atoms with Gasteiger partial charge in [-0.1, -0.05) is 11.8 Å². The van der Waals surface area contributed by atoms with E-state index in [4.69, 9.17) is 5.11 Å². The minimum atomic E-state index is -1.28. The maximum atomic E-state index is 11.7. The summed E-state index contributed by atoms with van der Waals surface area (Å²) in [5.74, 6) is -2.26. The molecule has 1 atom stereocenters. The Bertz CT molecular complexity index is 490. The number of hydrogen-bond donors (Lipinski definition) is 1. The highest BCUT2D eigenvalue weighted by Crippen LogP contribution is 2.19. The number of hydrogen-bond acceptors (Lipinski definition) is 6. The van der Waals surface area contributed by atoms with E-state index in [9.17, 15) is 9.59 Å². The summed E-state index contributed by atoms with van der Waals surface area (Å²) in [7, 11) is 0. The highest BCUT2D eigenvalue weighted by Gasteiger charge is 2.33. The minimum absolute atomic E-state index is 0.300. The van der Waals surface area contributed by atoms with Crippen molar-refractivity contribution in [2.75, 3.05) is 6.26 Å². The van der Waals surface area contributed by atoms with Gasteiger partial charge >= 0.3 is 5.97 Å². The highest BCUT2D eigenvalue weighted by atomic mass is 32.2. The summed E-state index contributed by atoms with van der Waals surface area (Å²) in [5.41, 5.74) is -0.331. The third kappa shape index (κ3) is 1.69. The van der Waals surface area contributed by atoms with Crippen LogP contribution < -0.4 is 0 Å². The highest BCUT2D eigenvalue weighted by molar-refractivity contribution is 8.13. The number of carbonyl (C=O) groups excluding carboxylic acids is 1. The Balaban J connectivity index is 2.40. The number of aliphatic imine (C=N–C) groups is 3. The molecule has 2 heterocycles. The van der Waals surface area contributed by atoms with Crippen LogP contribution in [0.3, 0.4) is 0 Å². The van der Waals surface area contributed by atoms with E-state index in [2.05, 4.69) is 15.0 Å². The average Bonchev–Trinajstić information content (AvgIpc) is 2.28. The quantitative estimate of drug-likeness (QED) is 0.666. The van der Waals surface area contributed by atoms with Gasteiger partial charge in [0.15, 0.2) is 11.0 Å². The molecule has 7 heteroatoms. The molecule has 0 fully saturated rings. The zero-order valence-electron chi connectivity index (χ0n) is 8.25. The molecule has 0 aromatic heterocycles. The smallest absolute Gasteiger partial charge is 0.340 e. The number of fused-ring (bicyclic) bond motifs is 1. The second-order valence-corrected chi connectivity index (χ2v) is 3.83. The molecule has 0 aromatic rings. The number of carboxylic acids is 1. The molecule has 6 nitrogen and oxygen atoms in total. The SMILES string of the molecule is CSC1=NC2=NC=C(C(=O)O)C(=O)C2C=N1. The fraction of sp³-hybridized carbons (Fsp3) is 0.222. The lowest BCUT2D eigenvalue weighted by Crippen LogP contribution is -2.33. The van der Waals surface area contributed by atoms with Gasteiger partial charge in [0.25, 0.3) is 0 Å². The van der Waals surface area contributed by atoms with Crippen LogP contribution in [0.4, 0.5) is 0 Å². The Morgan fingerprint density at radius 1 is 1.56 bits per heavy atom. The van der Waals surface area contributed by atoms with Gasteiger partial charge in [-0.15, -0.1) is 0 Å². The zero-order valence-corrected chi connectivity index (χ0v) is 9.06. The van der Waals surface area contributed by atoms with Crippen LogP contribution in [-0.4, -0.2) is 40.3 Å². The van der Waals surface area contributed by atoms with Crippen molar-refractivity contribution >= 4 is 40.7 Å². The Morgan fingerprint density at radius 3 is 2.94 bits per heavy atom. The van der Waals surface area contributed by atoms with Crippen LogP contribution in [0.25, 0.3) is 0 Å². The fourth-order valence-corrected chi connectivity index (χ4v) is 1.67. The average molecular weight is 237 g/mol. The van der Waals surface area contributed by atoms with E-state index in [1.165, 1.54) is 18.0 Å². The Kier molecular flexibility index (Phi) is 2.69. The van der Waals surface area contributed by atoms with E-state index in [-0.39, 0.29) is 5.57 Å². The van der Waals surface area contributed by atoms with Gasteiger partial charge in [0.1, 0.15) is 17.3 Å². The number of carboxylic acid groups (broad SMARTS) is 1. The Hall–Kier alpha value is -1.76. The van der Waals surface area contributed by atoms with E-state index < -0.39 is 17.7 Å². The van der Waals surface area contributed by atoms with E-state index >= 15 is 0 Å². The van der Waals surface area contributed by atoms with Gasteiger partial charge < -0.3 is 5.11 Å². The molecule has 1 N–H and O–H groups in total. The van der Waals surface area contributed by atoms with Crippen LogP contribution >= 0.6 is 11.8 Å². The summed E-state index contributed by atoms with van der Waals surface area (Å²) in [5, 5.41) is 9.26. The number of Topliss-reactive ketones (excluding diaryl/α,β-unsaturated/α-hetero) is 1. The number of nitrogens with zero attached hydrogens (tertiary/aromatic N) is 3. The van der Waals surface area contributed by atoms with Crippen molar-refractivity contribution in [3.63, 3.8) is 0 Å². The van der Waals surface area contributed by atoms with Gasteiger partial charge in [0.2, 0.25) is 0 Å². The predicted molar refractivity (Wildman–Crippen MR) is 61.1 cm³/mol. The largest absolute Gasteiger partial charge is 0.478 e. The summed E-state index contributed by atoms with van der Waals surface area (Å²) in [4.78, 5) is 34.3. The molecule has 0 bridgehead atoms. The molecule has 0 radical (unpaired) electrons. The molecular weight excluding hydrogens is 230 g/mol. The summed E-state index contributed by atoms with van der Waals surface area (Å²) < 4.78 is 0. The van der Waals surface area contributed by atoms with Gasteiger partial charge in [-0.3, -0.25) is 4.79 Å². The van der Waals surface area contributed by atoms with Gasteiger partial charge in [-0.05, 0) is 6.26 Å². The second-order valence-electron chi connectivity index (χ2n) is 3.05. The van der Waals surface area contributed by atoms with Gasteiger partial charge in [0, 0.05) is 12.4 Å². The molecule has 82 valence electrons. The first-order valence-corrected chi connectivity index (χ1v) is 5.58. The van der Waals surface area contributed by atoms with Crippen LogP contribution in [0.2, 0.25) is 0 Å².